The van der Waals surface area contributed by atoms with Gasteiger partial charge in [0.1, 0.15) is 5.75 Å². The molecule has 2 heterocycles. The first-order chi connectivity index (χ1) is 10.6. The molecule has 1 aromatic carbocycles. The summed E-state index contributed by atoms with van der Waals surface area (Å²) in [6.45, 7) is 2.02. The zero-order chi connectivity index (χ0) is 15.5. The van der Waals surface area contributed by atoms with Crippen LogP contribution < -0.4 is 15.0 Å². The number of amides is 2. The molecule has 1 atom stereocenters. The summed E-state index contributed by atoms with van der Waals surface area (Å²) in [5.74, 6) is 0.357. The number of carbonyl (C=O) groups excluding carboxylic acids is 2. The highest BCUT2D eigenvalue weighted by Crippen LogP contribution is 2.33. The topological polar surface area (TPSA) is 71.5 Å². The molecule has 0 fully saturated rings. The fourth-order valence-corrected chi connectivity index (χ4v) is 2.81. The van der Waals surface area contributed by atoms with E-state index in [0.29, 0.717) is 23.1 Å². The third kappa shape index (κ3) is 2.94. The van der Waals surface area contributed by atoms with Crippen molar-refractivity contribution < 1.29 is 14.3 Å². The summed E-state index contributed by atoms with van der Waals surface area (Å²) in [6.07, 6.45) is 1.28. The minimum atomic E-state index is -0.545. The molecule has 1 N–H and O–H groups in total. The van der Waals surface area contributed by atoms with E-state index in [1.165, 1.54) is 11.3 Å². The third-order valence-electron chi connectivity index (χ3n) is 3.31. The molecule has 3 rings (SSSR count). The number of anilines is 2. The number of benzene rings is 1. The maximum absolute atomic E-state index is 12.3. The molecule has 1 aliphatic heterocycles. The van der Waals surface area contributed by atoms with Crippen LogP contribution in [0.5, 0.6) is 5.75 Å². The SMILES string of the molecule is C[C@@H]1Oc2ccccc2N(CCC(=O)Nc2nccs2)C1=O. The van der Waals surface area contributed by atoms with Crippen molar-refractivity contribution in [2.45, 2.75) is 19.4 Å². The summed E-state index contributed by atoms with van der Waals surface area (Å²) < 4.78 is 5.57. The van der Waals surface area contributed by atoms with Gasteiger partial charge in [-0.2, -0.15) is 0 Å². The predicted octanol–water partition coefficient (Wildman–Crippen LogP) is 2.29. The number of para-hydroxylation sites is 2. The molecule has 0 aliphatic carbocycles. The van der Waals surface area contributed by atoms with Gasteiger partial charge in [-0.3, -0.25) is 9.59 Å². The van der Waals surface area contributed by atoms with Crippen molar-refractivity contribution in [2.24, 2.45) is 0 Å². The minimum absolute atomic E-state index is 0.138. The zero-order valence-electron chi connectivity index (χ0n) is 12.0. The van der Waals surface area contributed by atoms with Crippen molar-refractivity contribution in [3.63, 3.8) is 0 Å². The number of thiazole rings is 1. The van der Waals surface area contributed by atoms with E-state index in [2.05, 4.69) is 10.3 Å². The van der Waals surface area contributed by atoms with Gasteiger partial charge in [0.25, 0.3) is 5.91 Å². The number of aromatic nitrogens is 1. The first-order valence-electron chi connectivity index (χ1n) is 6.91. The number of nitrogens with one attached hydrogen (secondary N) is 1. The first kappa shape index (κ1) is 14.5. The minimum Gasteiger partial charge on any atom is -0.479 e. The van der Waals surface area contributed by atoms with E-state index >= 15 is 0 Å². The maximum Gasteiger partial charge on any atom is 0.267 e. The van der Waals surface area contributed by atoms with Gasteiger partial charge >= 0.3 is 0 Å². The summed E-state index contributed by atoms with van der Waals surface area (Å²) in [5.41, 5.74) is 0.702. The Balaban J connectivity index is 1.68. The molecule has 7 heteroatoms. The summed E-state index contributed by atoms with van der Waals surface area (Å²) in [7, 11) is 0. The fourth-order valence-electron chi connectivity index (χ4n) is 2.27. The molecule has 0 saturated carbocycles. The van der Waals surface area contributed by atoms with Crippen LogP contribution in [0, 0.1) is 0 Å². The number of fused-ring (bicyclic) bond motifs is 1. The lowest BCUT2D eigenvalue weighted by Gasteiger charge is -2.32. The Kier molecular flexibility index (Phi) is 4.06. The largest absolute Gasteiger partial charge is 0.479 e. The number of ether oxygens (including phenoxy) is 1. The second-order valence-corrected chi connectivity index (χ2v) is 5.75. The normalized spacial score (nSPS) is 16.9. The van der Waals surface area contributed by atoms with Gasteiger partial charge in [-0.25, -0.2) is 4.98 Å². The van der Waals surface area contributed by atoms with E-state index in [0.717, 1.165) is 0 Å². The Bertz CT molecular complexity index is 687. The number of hydrogen-bond donors (Lipinski definition) is 1. The van der Waals surface area contributed by atoms with Crippen molar-refractivity contribution in [3.05, 3.63) is 35.8 Å². The molecular formula is C15H15N3O3S. The molecule has 2 aromatic rings. The molecular weight excluding hydrogens is 302 g/mol. The molecule has 1 aromatic heterocycles. The number of carbonyl (C=O) groups is 2. The van der Waals surface area contributed by atoms with Gasteiger partial charge < -0.3 is 15.0 Å². The van der Waals surface area contributed by atoms with Crippen molar-refractivity contribution >= 4 is 34.0 Å². The van der Waals surface area contributed by atoms with Gasteiger partial charge in [0.2, 0.25) is 5.91 Å². The van der Waals surface area contributed by atoms with Crippen LogP contribution in [-0.2, 0) is 9.59 Å². The smallest absolute Gasteiger partial charge is 0.267 e. The Labute approximate surface area is 131 Å². The van der Waals surface area contributed by atoms with Crippen LogP contribution >= 0.6 is 11.3 Å². The van der Waals surface area contributed by atoms with Crippen molar-refractivity contribution in [1.29, 1.82) is 0 Å². The third-order valence-corrected chi connectivity index (χ3v) is 4.00. The van der Waals surface area contributed by atoms with Crippen LogP contribution in [0.4, 0.5) is 10.8 Å². The Morgan fingerprint density at radius 3 is 3.05 bits per heavy atom. The number of rotatable bonds is 4. The lowest BCUT2D eigenvalue weighted by Crippen LogP contribution is -2.45. The van der Waals surface area contributed by atoms with E-state index in [4.69, 9.17) is 4.74 Å². The van der Waals surface area contributed by atoms with Gasteiger partial charge in [-0.15, -0.1) is 11.3 Å². The molecule has 0 spiro atoms. The first-order valence-corrected chi connectivity index (χ1v) is 7.79. The van der Waals surface area contributed by atoms with Gasteiger partial charge in [-0.1, -0.05) is 12.1 Å². The average Bonchev–Trinajstić information content (AvgIpc) is 3.00. The monoisotopic (exact) mass is 317 g/mol. The van der Waals surface area contributed by atoms with Crippen LogP contribution in [0.2, 0.25) is 0 Å². The maximum atomic E-state index is 12.3. The molecule has 0 radical (unpaired) electrons. The Morgan fingerprint density at radius 2 is 2.27 bits per heavy atom. The molecule has 1 aliphatic rings. The zero-order valence-corrected chi connectivity index (χ0v) is 12.8. The summed E-state index contributed by atoms with van der Waals surface area (Å²) >= 11 is 1.36. The van der Waals surface area contributed by atoms with Crippen molar-refractivity contribution in [1.82, 2.24) is 4.98 Å². The summed E-state index contributed by atoms with van der Waals surface area (Å²) in [4.78, 5) is 29.8. The fraction of sp³-hybridized carbons (Fsp3) is 0.267. The molecule has 0 bridgehead atoms. The molecule has 6 nitrogen and oxygen atoms in total. The van der Waals surface area contributed by atoms with Crippen LogP contribution in [0.25, 0.3) is 0 Å². The highest BCUT2D eigenvalue weighted by Gasteiger charge is 2.31. The highest BCUT2D eigenvalue weighted by atomic mass is 32.1. The van der Waals surface area contributed by atoms with Gasteiger partial charge in [0.15, 0.2) is 11.2 Å². The number of nitrogens with zero attached hydrogens (tertiary/aromatic N) is 2. The molecule has 2 amide bonds. The van der Waals surface area contributed by atoms with Crippen LogP contribution in [0.3, 0.4) is 0 Å². The number of hydrogen-bond acceptors (Lipinski definition) is 5. The average molecular weight is 317 g/mol. The van der Waals surface area contributed by atoms with E-state index in [-0.39, 0.29) is 18.2 Å². The summed E-state index contributed by atoms with van der Waals surface area (Å²) in [6, 6.07) is 7.33. The second kappa shape index (κ2) is 6.15. The van der Waals surface area contributed by atoms with E-state index < -0.39 is 6.10 Å². The molecule has 114 valence electrons. The lowest BCUT2D eigenvalue weighted by atomic mass is 10.1. The Hall–Kier alpha value is -2.41. The highest BCUT2D eigenvalue weighted by molar-refractivity contribution is 7.13. The standard InChI is InChI=1S/C15H15N3O3S/c1-10-14(20)18(11-4-2-3-5-12(11)21-10)8-6-13(19)17-15-16-7-9-22-15/h2-5,7,9-10H,6,8H2,1H3,(H,16,17,19)/t10-/m0/s1. The Morgan fingerprint density at radius 1 is 1.45 bits per heavy atom. The van der Waals surface area contributed by atoms with E-state index in [1.54, 1.807) is 23.4 Å². The predicted molar refractivity (Wildman–Crippen MR) is 84.2 cm³/mol. The summed E-state index contributed by atoms with van der Waals surface area (Å²) in [5, 5.41) is 5.06. The van der Waals surface area contributed by atoms with E-state index in [9.17, 15) is 9.59 Å². The molecule has 0 saturated heterocycles. The van der Waals surface area contributed by atoms with Crippen molar-refractivity contribution in [2.75, 3.05) is 16.8 Å². The van der Waals surface area contributed by atoms with Crippen molar-refractivity contribution in [3.8, 4) is 5.75 Å². The van der Waals surface area contributed by atoms with Gasteiger partial charge in [-0.05, 0) is 19.1 Å². The molecule has 0 unspecified atom stereocenters. The van der Waals surface area contributed by atoms with Crippen LogP contribution in [-0.4, -0.2) is 29.4 Å². The van der Waals surface area contributed by atoms with Gasteiger partial charge in [0, 0.05) is 24.5 Å². The van der Waals surface area contributed by atoms with Gasteiger partial charge in [0.05, 0.1) is 5.69 Å². The van der Waals surface area contributed by atoms with E-state index in [1.807, 2.05) is 24.3 Å². The second-order valence-electron chi connectivity index (χ2n) is 4.85. The van der Waals surface area contributed by atoms with Crippen LogP contribution in [0.1, 0.15) is 13.3 Å². The lowest BCUT2D eigenvalue weighted by molar-refractivity contribution is -0.125. The quantitative estimate of drug-likeness (QED) is 0.939. The van der Waals surface area contributed by atoms with Crippen LogP contribution in [0.15, 0.2) is 35.8 Å². The molecule has 22 heavy (non-hydrogen) atoms.